The first-order chi connectivity index (χ1) is 16.7. The fraction of sp³-hybridized carbons (Fsp3) is 0.250. The van der Waals surface area contributed by atoms with Crippen LogP contribution >= 0.6 is 34.9 Å². The van der Waals surface area contributed by atoms with Crippen LogP contribution < -0.4 is 11.1 Å². The molecule has 0 unspecified atom stereocenters. The van der Waals surface area contributed by atoms with Gasteiger partial charge in [0, 0.05) is 22.9 Å². The molecular weight excluding hydrogens is 516 g/mol. The SMILES string of the molecule is CON=C(C(=O)N[C@@H]1C(=O)N2C(C(=O)O)=C(C(=O)Sc3ncccc3C)CS[C@@H]12)c1csc(N)n1. The lowest BCUT2D eigenvalue weighted by Gasteiger charge is -2.49. The summed E-state index contributed by atoms with van der Waals surface area (Å²) in [6, 6.07) is 2.49. The molecule has 0 saturated carbocycles. The van der Waals surface area contributed by atoms with Crippen LogP contribution in [0.2, 0.25) is 0 Å². The summed E-state index contributed by atoms with van der Waals surface area (Å²) in [7, 11) is 1.25. The number of oxime groups is 1. The van der Waals surface area contributed by atoms with Gasteiger partial charge >= 0.3 is 5.97 Å². The zero-order valence-corrected chi connectivity index (χ0v) is 20.7. The van der Waals surface area contributed by atoms with E-state index in [2.05, 4.69) is 20.4 Å². The summed E-state index contributed by atoms with van der Waals surface area (Å²) in [6.45, 7) is 1.79. The Morgan fingerprint density at radius 2 is 2.17 bits per heavy atom. The number of carboxylic acid groups (broad SMARTS) is 1. The molecule has 0 aromatic carbocycles. The zero-order chi connectivity index (χ0) is 25.3. The number of nitrogens with zero attached hydrogens (tertiary/aromatic N) is 4. The van der Waals surface area contributed by atoms with E-state index < -0.39 is 40.0 Å². The number of nitrogen functional groups attached to an aromatic ring is 1. The molecule has 0 radical (unpaired) electrons. The van der Waals surface area contributed by atoms with Gasteiger partial charge in [-0.2, -0.15) is 0 Å². The lowest BCUT2D eigenvalue weighted by atomic mass is 10.0. The summed E-state index contributed by atoms with van der Waals surface area (Å²) < 4.78 is 0. The van der Waals surface area contributed by atoms with E-state index >= 15 is 0 Å². The number of carbonyl (C=O) groups excluding carboxylic acids is 3. The number of amides is 2. The Morgan fingerprint density at radius 3 is 2.80 bits per heavy atom. The quantitative estimate of drug-likeness (QED) is 0.198. The Labute approximate surface area is 211 Å². The highest BCUT2D eigenvalue weighted by Crippen LogP contribution is 2.42. The van der Waals surface area contributed by atoms with Gasteiger partial charge < -0.3 is 21.0 Å². The molecule has 4 heterocycles. The molecule has 182 valence electrons. The van der Waals surface area contributed by atoms with Crippen molar-refractivity contribution in [3.8, 4) is 0 Å². The van der Waals surface area contributed by atoms with E-state index in [0.717, 1.165) is 33.6 Å². The maximum atomic E-state index is 12.9. The lowest BCUT2D eigenvalue weighted by Crippen LogP contribution is -2.71. The highest BCUT2D eigenvalue weighted by Gasteiger charge is 2.55. The third kappa shape index (κ3) is 4.74. The second-order valence-corrected chi connectivity index (χ2v) is 10.2. The maximum absolute atomic E-state index is 12.9. The molecule has 2 aromatic heterocycles. The number of nitrogens with one attached hydrogen (secondary N) is 1. The molecule has 35 heavy (non-hydrogen) atoms. The Morgan fingerprint density at radius 1 is 1.40 bits per heavy atom. The van der Waals surface area contributed by atoms with Gasteiger partial charge in [-0.1, -0.05) is 11.2 Å². The number of β-lactam (4-membered cyclic amide) rings is 1. The number of carboxylic acids is 1. The molecule has 2 aliphatic rings. The van der Waals surface area contributed by atoms with Crippen LogP contribution in [0.1, 0.15) is 11.3 Å². The number of aromatic nitrogens is 2. The van der Waals surface area contributed by atoms with Gasteiger partial charge in [0.2, 0.25) is 5.12 Å². The Hall–Kier alpha value is -3.43. The molecule has 0 bridgehead atoms. The van der Waals surface area contributed by atoms with Crippen molar-refractivity contribution in [2.75, 3.05) is 18.6 Å². The largest absolute Gasteiger partial charge is 0.477 e. The van der Waals surface area contributed by atoms with Crippen LogP contribution in [0.25, 0.3) is 0 Å². The summed E-state index contributed by atoms with van der Waals surface area (Å²) in [5.74, 6) is -2.76. The third-order valence-electron chi connectivity index (χ3n) is 5.02. The Kier molecular flexibility index (Phi) is 7.09. The van der Waals surface area contributed by atoms with Crippen LogP contribution in [0.15, 0.2) is 45.2 Å². The van der Waals surface area contributed by atoms with Gasteiger partial charge in [0.05, 0.1) is 0 Å². The van der Waals surface area contributed by atoms with Crippen molar-refractivity contribution >= 4 is 68.6 Å². The lowest BCUT2D eigenvalue weighted by molar-refractivity contribution is -0.150. The minimum Gasteiger partial charge on any atom is -0.477 e. The second kappa shape index (κ2) is 10.1. The number of thioether (sulfide) groups is 2. The number of pyridine rings is 1. The number of hydrogen-bond donors (Lipinski definition) is 3. The van der Waals surface area contributed by atoms with Gasteiger partial charge in [-0.05, 0) is 30.3 Å². The molecule has 0 spiro atoms. The number of anilines is 1. The second-order valence-electron chi connectivity index (χ2n) is 7.20. The number of hydrogen-bond acceptors (Lipinski definition) is 12. The van der Waals surface area contributed by atoms with Crippen LogP contribution in [0.5, 0.6) is 0 Å². The molecule has 15 heteroatoms. The van der Waals surface area contributed by atoms with Crippen LogP contribution in [0.4, 0.5) is 5.13 Å². The molecule has 1 fully saturated rings. The van der Waals surface area contributed by atoms with E-state index in [4.69, 9.17) is 10.6 Å². The Balaban J connectivity index is 1.54. The first kappa shape index (κ1) is 24.7. The number of fused-ring (bicyclic) bond motifs is 1. The van der Waals surface area contributed by atoms with Crippen LogP contribution in [-0.4, -0.2) is 72.9 Å². The minimum absolute atomic E-state index is 0.00786. The van der Waals surface area contributed by atoms with E-state index in [-0.39, 0.29) is 27.9 Å². The molecule has 12 nitrogen and oxygen atoms in total. The first-order valence-corrected chi connectivity index (χ1v) is 12.7. The summed E-state index contributed by atoms with van der Waals surface area (Å²) in [5, 5.41) is 17.0. The molecule has 0 aliphatic carbocycles. The number of nitrogens with two attached hydrogens (primary N) is 1. The summed E-state index contributed by atoms with van der Waals surface area (Å²) in [6.07, 6.45) is 1.54. The average Bonchev–Trinajstić information content (AvgIpc) is 3.26. The van der Waals surface area contributed by atoms with Crippen molar-refractivity contribution in [2.45, 2.75) is 23.4 Å². The third-order valence-corrected chi connectivity index (χ3v) is 8.02. The van der Waals surface area contributed by atoms with E-state index in [0.29, 0.717) is 5.03 Å². The van der Waals surface area contributed by atoms with Crippen molar-refractivity contribution in [2.24, 2.45) is 5.16 Å². The molecule has 2 aliphatic heterocycles. The standard InChI is InChI=1S/C20H18N6O6S3/c1-8-4-3-5-22-15(8)35-19(31)9-6-33-17-12(16(28)26(17)13(9)18(29)30)24-14(27)11(25-32-2)10-7-34-20(21)23-10/h3-5,7,12,17H,6H2,1-2H3,(H2,21,23)(H,24,27)(H,29,30)/t12-,17+/m1/s1. The van der Waals surface area contributed by atoms with Crippen molar-refractivity contribution in [1.29, 1.82) is 0 Å². The number of rotatable bonds is 7. The number of carbonyl (C=O) groups is 4. The van der Waals surface area contributed by atoms with Gasteiger partial charge in [-0.25, -0.2) is 14.8 Å². The van der Waals surface area contributed by atoms with Gasteiger partial charge in [0.25, 0.3) is 11.8 Å². The minimum atomic E-state index is -1.41. The van der Waals surface area contributed by atoms with Crippen LogP contribution in [0, 0.1) is 6.92 Å². The molecule has 1 saturated heterocycles. The fourth-order valence-electron chi connectivity index (χ4n) is 3.40. The zero-order valence-electron chi connectivity index (χ0n) is 18.3. The van der Waals surface area contributed by atoms with Crippen LogP contribution in [0.3, 0.4) is 0 Å². The van der Waals surface area contributed by atoms with Crippen molar-refractivity contribution in [1.82, 2.24) is 20.2 Å². The van der Waals surface area contributed by atoms with Crippen molar-refractivity contribution in [3.05, 3.63) is 46.2 Å². The van der Waals surface area contributed by atoms with Crippen molar-refractivity contribution in [3.63, 3.8) is 0 Å². The van der Waals surface area contributed by atoms with Gasteiger partial charge in [0.1, 0.15) is 34.9 Å². The smallest absolute Gasteiger partial charge is 0.353 e. The number of aryl methyl sites for hydroxylation is 1. The van der Waals surface area contributed by atoms with Crippen molar-refractivity contribution < 1.29 is 29.1 Å². The first-order valence-electron chi connectivity index (χ1n) is 9.91. The Bertz CT molecular complexity index is 1290. The average molecular weight is 535 g/mol. The number of aliphatic carboxylic acids is 1. The molecule has 2 atom stereocenters. The van der Waals surface area contributed by atoms with Gasteiger partial charge in [0.15, 0.2) is 10.8 Å². The summed E-state index contributed by atoms with van der Waals surface area (Å²) in [5.41, 5.74) is 5.98. The summed E-state index contributed by atoms with van der Waals surface area (Å²) >= 11 is 3.09. The van der Waals surface area contributed by atoms with E-state index in [9.17, 15) is 24.3 Å². The monoisotopic (exact) mass is 534 g/mol. The molecule has 4 rings (SSSR count). The molecule has 2 amide bonds. The van der Waals surface area contributed by atoms with E-state index in [1.54, 1.807) is 19.1 Å². The fourth-order valence-corrected chi connectivity index (χ4v) is 6.19. The normalized spacial score (nSPS) is 19.7. The summed E-state index contributed by atoms with van der Waals surface area (Å²) in [4.78, 5) is 64.6. The van der Waals surface area contributed by atoms with Gasteiger partial charge in [-0.3, -0.25) is 19.3 Å². The highest BCUT2D eigenvalue weighted by molar-refractivity contribution is 8.14. The molecule has 2 aromatic rings. The van der Waals surface area contributed by atoms with Gasteiger partial charge in [-0.15, -0.1) is 23.1 Å². The predicted octanol–water partition coefficient (Wildman–Crippen LogP) is 0.837. The maximum Gasteiger partial charge on any atom is 0.353 e. The topological polar surface area (TPSA) is 177 Å². The molecular formula is C20H18N6O6S3. The predicted molar refractivity (Wildman–Crippen MR) is 130 cm³/mol. The molecule has 4 N–H and O–H groups in total. The van der Waals surface area contributed by atoms with Crippen LogP contribution in [-0.2, 0) is 24.0 Å². The van der Waals surface area contributed by atoms with E-state index in [1.165, 1.54) is 30.4 Å². The number of thiazole rings is 1. The highest BCUT2D eigenvalue weighted by atomic mass is 32.2. The van der Waals surface area contributed by atoms with E-state index in [1.807, 2.05) is 0 Å².